The number of hydrogen-bond donors (Lipinski definition) is 1. The molecule has 1 aromatic heterocycles. The SMILES string of the molecule is Nc1ccn(CCCN2C(=O)CCCc3ccccc32)n1. The summed E-state index contributed by atoms with van der Waals surface area (Å²) in [5.74, 6) is 0.756. The summed E-state index contributed by atoms with van der Waals surface area (Å²) >= 11 is 0. The Kier molecular flexibility index (Phi) is 3.90. The fraction of sp³-hybridized carbons (Fsp3) is 0.375. The van der Waals surface area contributed by atoms with Crippen molar-refractivity contribution < 1.29 is 4.79 Å². The molecule has 0 fully saturated rings. The fourth-order valence-electron chi connectivity index (χ4n) is 2.82. The van der Waals surface area contributed by atoms with E-state index in [0.717, 1.165) is 38.0 Å². The number of nitrogens with two attached hydrogens (primary N) is 1. The summed E-state index contributed by atoms with van der Waals surface area (Å²) in [6, 6.07) is 9.99. The van der Waals surface area contributed by atoms with Crippen molar-refractivity contribution in [1.82, 2.24) is 9.78 Å². The molecule has 0 unspecified atom stereocenters. The molecule has 0 atom stereocenters. The van der Waals surface area contributed by atoms with Gasteiger partial charge in [0.15, 0.2) is 0 Å². The largest absolute Gasteiger partial charge is 0.382 e. The molecular weight excluding hydrogens is 264 g/mol. The molecule has 1 amide bonds. The van der Waals surface area contributed by atoms with E-state index >= 15 is 0 Å². The number of carbonyl (C=O) groups excluding carboxylic acids is 1. The number of carbonyl (C=O) groups is 1. The first-order valence-electron chi connectivity index (χ1n) is 7.41. The van der Waals surface area contributed by atoms with Crippen molar-refractivity contribution in [3.63, 3.8) is 0 Å². The van der Waals surface area contributed by atoms with Crippen LogP contribution in [0.4, 0.5) is 11.5 Å². The van der Waals surface area contributed by atoms with Crippen LogP contribution in [0.2, 0.25) is 0 Å². The molecule has 0 spiro atoms. The molecule has 1 aromatic carbocycles. The Morgan fingerprint density at radius 2 is 2.00 bits per heavy atom. The van der Waals surface area contributed by atoms with Crippen LogP contribution in [0, 0.1) is 0 Å². The molecule has 2 aromatic rings. The third-order valence-corrected chi connectivity index (χ3v) is 3.85. The highest BCUT2D eigenvalue weighted by atomic mass is 16.2. The molecule has 2 heterocycles. The van der Waals surface area contributed by atoms with E-state index in [1.165, 1.54) is 5.56 Å². The summed E-state index contributed by atoms with van der Waals surface area (Å²) in [7, 11) is 0. The van der Waals surface area contributed by atoms with Crippen LogP contribution in [0.3, 0.4) is 0 Å². The van der Waals surface area contributed by atoms with E-state index in [-0.39, 0.29) is 5.91 Å². The number of nitrogens with zero attached hydrogens (tertiary/aromatic N) is 3. The van der Waals surface area contributed by atoms with Gasteiger partial charge in [-0.25, -0.2) is 0 Å². The van der Waals surface area contributed by atoms with E-state index in [1.54, 1.807) is 6.07 Å². The van der Waals surface area contributed by atoms with Crippen molar-refractivity contribution in [3.05, 3.63) is 42.1 Å². The molecule has 110 valence electrons. The van der Waals surface area contributed by atoms with Crippen molar-refractivity contribution in [3.8, 4) is 0 Å². The summed E-state index contributed by atoms with van der Waals surface area (Å²) < 4.78 is 1.82. The zero-order chi connectivity index (χ0) is 14.7. The summed E-state index contributed by atoms with van der Waals surface area (Å²) in [4.78, 5) is 14.2. The molecule has 1 aliphatic rings. The van der Waals surface area contributed by atoms with Crippen molar-refractivity contribution in [2.45, 2.75) is 32.2 Å². The molecule has 0 radical (unpaired) electrons. The highest BCUT2D eigenvalue weighted by Crippen LogP contribution is 2.26. The smallest absolute Gasteiger partial charge is 0.226 e. The highest BCUT2D eigenvalue weighted by molar-refractivity contribution is 5.94. The molecule has 5 heteroatoms. The van der Waals surface area contributed by atoms with Gasteiger partial charge in [0.1, 0.15) is 5.82 Å². The minimum atomic E-state index is 0.222. The third-order valence-electron chi connectivity index (χ3n) is 3.85. The van der Waals surface area contributed by atoms with Gasteiger partial charge in [-0.1, -0.05) is 18.2 Å². The van der Waals surface area contributed by atoms with Crippen LogP contribution >= 0.6 is 0 Å². The van der Waals surface area contributed by atoms with Gasteiger partial charge in [0, 0.05) is 31.4 Å². The van der Waals surface area contributed by atoms with Gasteiger partial charge >= 0.3 is 0 Å². The van der Waals surface area contributed by atoms with Gasteiger partial charge < -0.3 is 10.6 Å². The van der Waals surface area contributed by atoms with E-state index in [9.17, 15) is 4.79 Å². The Hall–Kier alpha value is -2.30. The minimum absolute atomic E-state index is 0.222. The maximum absolute atomic E-state index is 12.3. The maximum Gasteiger partial charge on any atom is 0.226 e. The van der Waals surface area contributed by atoms with Crippen LogP contribution < -0.4 is 10.6 Å². The van der Waals surface area contributed by atoms with Crippen molar-refractivity contribution in [1.29, 1.82) is 0 Å². The topological polar surface area (TPSA) is 64.2 Å². The predicted molar refractivity (Wildman–Crippen MR) is 83.0 cm³/mol. The number of anilines is 2. The lowest BCUT2D eigenvalue weighted by atomic mass is 10.1. The Labute approximate surface area is 124 Å². The summed E-state index contributed by atoms with van der Waals surface area (Å²) in [6.07, 6.45) is 5.27. The molecule has 0 saturated heterocycles. The van der Waals surface area contributed by atoms with Crippen molar-refractivity contribution in [2.75, 3.05) is 17.2 Å². The van der Waals surface area contributed by atoms with Crippen LogP contribution in [0.1, 0.15) is 24.8 Å². The number of aryl methyl sites for hydroxylation is 2. The van der Waals surface area contributed by atoms with Crippen LogP contribution in [-0.4, -0.2) is 22.2 Å². The van der Waals surface area contributed by atoms with Crippen molar-refractivity contribution in [2.24, 2.45) is 0 Å². The summed E-state index contributed by atoms with van der Waals surface area (Å²) in [5.41, 5.74) is 7.94. The molecule has 0 saturated carbocycles. The van der Waals surface area contributed by atoms with Crippen LogP contribution in [0.25, 0.3) is 0 Å². The van der Waals surface area contributed by atoms with E-state index in [1.807, 2.05) is 34.0 Å². The number of hydrogen-bond acceptors (Lipinski definition) is 3. The van der Waals surface area contributed by atoms with Crippen LogP contribution in [0.5, 0.6) is 0 Å². The van der Waals surface area contributed by atoms with Gasteiger partial charge in [0.2, 0.25) is 5.91 Å². The van der Waals surface area contributed by atoms with Gasteiger partial charge in [-0.3, -0.25) is 9.48 Å². The molecule has 3 rings (SSSR count). The van der Waals surface area contributed by atoms with Crippen LogP contribution in [-0.2, 0) is 17.8 Å². The number of fused-ring (bicyclic) bond motifs is 1. The lowest BCUT2D eigenvalue weighted by molar-refractivity contribution is -0.118. The fourth-order valence-corrected chi connectivity index (χ4v) is 2.82. The molecular formula is C16H20N4O. The number of benzene rings is 1. The molecule has 0 aliphatic carbocycles. The van der Waals surface area contributed by atoms with Gasteiger partial charge in [-0.15, -0.1) is 0 Å². The number of rotatable bonds is 4. The number of para-hydroxylation sites is 1. The van der Waals surface area contributed by atoms with E-state index in [0.29, 0.717) is 12.2 Å². The monoisotopic (exact) mass is 284 g/mol. The summed E-state index contributed by atoms with van der Waals surface area (Å²) in [5, 5.41) is 4.17. The standard InChI is InChI=1S/C16H20N4O/c17-15-9-12-19(18-15)10-4-11-20-14-7-2-1-5-13(14)6-3-8-16(20)21/h1-2,5,7,9,12H,3-4,6,8,10-11H2,(H2,17,18). The zero-order valence-electron chi connectivity index (χ0n) is 12.0. The Morgan fingerprint density at radius 1 is 1.14 bits per heavy atom. The van der Waals surface area contributed by atoms with E-state index in [4.69, 9.17) is 5.73 Å². The van der Waals surface area contributed by atoms with Gasteiger partial charge in [-0.05, 0) is 37.0 Å². The predicted octanol–water partition coefficient (Wildman–Crippen LogP) is 2.22. The average Bonchev–Trinajstić information content (AvgIpc) is 2.82. The average molecular weight is 284 g/mol. The first kappa shape index (κ1) is 13.7. The third kappa shape index (κ3) is 3.07. The Morgan fingerprint density at radius 3 is 2.81 bits per heavy atom. The Balaban J connectivity index is 1.69. The molecule has 1 aliphatic heterocycles. The molecule has 2 N–H and O–H groups in total. The van der Waals surface area contributed by atoms with E-state index < -0.39 is 0 Å². The van der Waals surface area contributed by atoms with Gasteiger partial charge in [0.05, 0.1) is 0 Å². The Bertz CT molecular complexity index is 635. The highest BCUT2D eigenvalue weighted by Gasteiger charge is 2.21. The zero-order valence-corrected chi connectivity index (χ0v) is 12.0. The van der Waals surface area contributed by atoms with Gasteiger partial charge in [-0.2, -0.15) is 5.10 Å². The number of nitrogen functional groups attached to an aromatic ring is 1. The first-order valence-corrected chi connectivity index (χ1v) is 7.41. The maximum atomic E-state index is 12.3. The molecule has 0 bridgehead atoms. The van der Waals surface area contributed by atoms with Gasteiger partial charge in [0.25, 0.3) is 0 Å². The van der Waals surface area contributed by atoms with Crippen molar-refractivity contribution >= 4 is 17.4 Å². The minimum Gasteiger partial charge on any atom is -0.382 e. The second-order valence-electron chi connectivity index (χ2n) is 5.38. The lowest BCUT2D eigenvalue weighted by Gasteiger charge is -2.23. The first-order chi connectivity index (χ1) is 10.2. The van der Waals surface area contributed by atoms with E-state index in [2.05, 4.69) is 11.2 Å². The summed E-state index contributed by atoms with van der Waals surface area (Å²) in [6.45, 7) is 1.48. The number of amides is 1. The second kappa shape index (κ2) is 5.99. The number of aromatic nitrogens is 2. The molecule has 21 heavy (non-hydrogen) atoms. The molecule has 5 nitrogen and oxygen atoms in total. The normalized spacial score (nSPS) is 14.9. The quantitative estimate of drug-likeness (QED) is 0.936. The second-order valence-corrected chi connectivity index (χ2v) is 5.38. The van der Waals surface area contributed by atoms with Crippen LogP contribution in [0.15, 0.2) is 36.5 Å². The lowest BCUT2D eigenvalue weighted by Crippen LogP contribution is -2.31.